The Morgan fingerprint density at radius 1 is 1.39 bits per heavy atom. The molecule has 1 aromatic heterocycles. The minimum absolute atomic E-state index is 0.0676. The quantitative estimate of drug-likeness (QED) is 0.905. The smallest absolute Gasteiger partial charge is 0.240 e. The van der Waals surface area contributed by atoms with Gasteiger partial charge in [-0.15, -0.1) is 0 Å². The molecule has 18 heavy (non-hydrogen) atoms. The van der Waals surface area contributed by atoms with Gasteiger partial charge in [-0.3, -0.25) is 4.79 Å². The Morgan fingerprint density at radius 2 is 2.28 bits per heavy atom. The van der Waals surface area contributed by atoms with Gasteiger partial charge in [0.25, 0.3) is 0 Å². The van der Waals surface area contributed by atoms with Crippen LogP contribution in [0.1, 0.15) is 37.7 Å². The number of nitrogens with zero attached hydrogens (tertiary/aromatic N) is 1. The van der Waals surface area contributed by atoms with Crippen LogP contribution >= 0.6 is 11.3 Å². The lowest BCUT2D eigenvalue weighted by Crippen LogP contribution is -2.49. The Labute approximate surface area is 112 Å². The van der Waals surface area contributed by atoms with Gasteiger partial charge in [-0.2, -0.15) is 11.3 Å². The van der Waals surface area contributed by atoms with Crippen LogP contribution in [0.4, 0.5) is 0 Å². The van der Waals surface area contributed by atoms with Gasteiger partial charge in [0.05, 0.1) is 6.04 Å². The SMILES string of the molecule is O=C([C@H]1CCCCN1)N(Cc1ccsc1)C1CC1. The maximum Gasteiger partial charge on any atom is 0.240 e. The third-order valence-electron chi connectivity index (χ3n) is 3.81. The summed E-state index contributed by atoms with van der Waals surface area (Å²) >= 11 is 1.71. The molecule has 2 aliphatic rings. The molecule has 0 unspecified atom stereocenters. The fraction of sp³-hybridized carbons (Fsp3) is 0.643. The van der Waals surface area contributed by atoms with Crippen molar-refractivity contribution in [3.8, 4) is 0 Å². The van der Waals surface area contributed by atoms with Crippen molar-refractivity contribution in [3.63, 3.8) is 0 Å². The molecule has 0 bridgehead atoms. The van der Waals surface area contributed by atoms with E-state index in [-0.39, 0.29) is 6.04 Å². The van der Waals surface area contributed by atoms with Crippen molar-refractivity contribution in [3.05, 3.63) is 22.4 Å². The fourth-order valence-electron chi connectivity index (χ4n) is 2.62. The molecule has 98 valence electrons. The summed E-state index contributed by atoms with van der Waals surface area (Å²) in [5.74, 6) is 0.323. The number of hydrogen-bond acceptors (Lipinski definition) is 3. The number of nitrogens with one attached hydrogen (secondary N) is 1. The summed E-state index contributed by atoms with van der Waals surface area (Å²) in [7, 11) is 0. The summed E-state index contributed by atoms with van der Waals surface area (Å²) in [6.07, 6.45) is 5.76. The molecule has 1 aromatic rings. The number of amides is 1. The third kappa shape index (κ3) is 2.75. The molecule has 1 amide bonds. The zero-order chi connectivity index (χ0) is 12.4. The van der Waals surface area contributed by atoms with Crippen LogP contribution in [0, 0.1) is 0 Å². The van der Waals surface area contributed by atoms with Crippen LogP contribution in [0.5, 0.6) is 0 Å². The summed E-state index contributed by atoms with van der Waals surface area (Å²) < 4.78 is 0. The summed E-state index contributed by atoms with van der Waals surface area (Å²) in [6.45, 7) is 1.79. The second kappa shape index (κ2) is 5.41. The maximum absolute atomic E-state index is 12.6. The molecule has 0 radical (unpaired) electrons. The summed E-state index contributed by atoms with van der Waals surface area (Å²) in [5, 5.41) is 7.61. The van der Waals surface area contributed by atoms with Crippen LogP contribution in [0.3, 0.4) is 0 Å². The number of carbonyl (C=O) groups excluding carboxylic acids is 1. The topological polar surface area (TPSA) is 32.3 Å². The first-order valence-electron chi connectivity index (χ1n) is 6.89. The van der Waals surface area contributed by atoms with Gasteiger partial charge < -0.3 is 10.2 Å². The maximum atomic E-state index is 12.6. The van der Waals surface area contributed by atoms with Crippen molar-refractivity contribution in [1.82, 2.24) is 10.2 Å². The molecule has 1 atom stereocenters. The number of rotatable bonds is 4. The normalized spacial score (nSPS) is 23.9. The highest BCUT2D eigenvalue weighted by Gasteiger charge is 2.36. The lowest BCUT2D eigenvalue weighted by Gasteiger charge is -2.30. The van der Waals surface area contributed by atoms with Crippen LogP contribution in [0.2, 0.25) is 0 Å². The molecule has 3 rings (SSSR count). The molecule has 1 saturated heterocycles. The van der Waals surface area contributed by atoms with Gasteiger partial charge in [0.15, 0.2) is 0 Å². The first-order valence-corrected chi connectivity index (χ1v) is 7.84. The molecule has 1 saturated carbocycles. The molecular formula is C14H20N2OS. The van der Waals surface area contributed by atoms with Crippen molar-refractivity contribution < 1.29 is 4.79 Å². The molecule has 3 nitrogen and oxygen atoms in total. The molecule has 0 spiro atoms. The van der Waals surface area contributed by atoms with Crippen molar-refractivity contribution in [1.29, 1.82) is 0 Å². The molecule has 4 heteroatoms. The Morgan fingerprint density at radius 3 is 2.89 bits per heavy atom. The van der Waals surface area contributed by atoms with Crippen molar-refractivity contribution in [2.24, 2.45) is 0 Å². The van der Waals surface area contributed by atoms with Crippen LogP contribution in [0.25, 0.3) is 0 Å². The van der Waals surface area contributed by atoms with Gasteiger partial charge >= 0.3 is 0 Å². The Kier molecular flexibility index (Phi) is 3.66. The number of hydrogen-bond donors (Lipinski definition) is 1. The second-order valence-electron chi connectivity index (χ2n) is 5.33. The van der Waals surface area contributed by atoms with E-state index in [4.69, 9.17) is 0 Å². The van der Waals surface area contributed by atoms with Crippen LogP contribution in [0.15, 0.2) is 16.8 Å². The average Bonchev–Trinajstić information content (AvgIpc) is 3.13. The summed E-state index contributed by atoms with van der Waals surface area (Å²) in [6, 6.07) is 2.70. The molecular weight excluding hydrogens is 244 g/mol. The van der Waals surface area contributed by atoms with E-state index >= 15 is 0 Å². The van der Waals surface area contributed by atoms with Crippen molar-refractivity contribution in [2.45, 2.75) is 50.7 Å². The Hall–Kier alpha value is -0.870. The lowest BCUT2D eigenvalue weighted by molar-refractivity contribution is -0.135. The first-order chi connectivity index (χ1) is 8.84. The van der Waals surface area contributed by atoms with Gasteiger partial charge in [-0.1, -0.05) is 6.42 Å². The van der Waals surface area contributed by atoms with Gasteiger partial charge in [-0.05, 0) is 54.6 Å². The van der Waals surface area contributed by atoms with Crippen LogP contribution < -0.4 is 5.32 Å². The fourth-order valence-corrected chi connectivity index (χ4v) is 3.28. The van der Waals surface area contributed by atoms with E-state index in [0.29, 0.717) is 11.9 Å². The zero-order valence-electron chi connectivity index (χ0n) is 10.6. The standard InChI is InChI=1S/C14H20N2OS/c17-14(13-3-1-2-7-15-13)16(12-4-5-12)9-11-6-8-18-10-11/h6,8,10,12-13,15H,1-5,7,9H2/t13-/m1/s1. The van der Waals surface area contributed by atoms with E-state index < -0.39 is 0 Å². The number of thiophene rings is 1. The zero-order valence-corrected chi connectivity index (χ0v) is 11.4. The molecule has 1 aliphatic carbocycles. The van der Waals surface area contributed by atoms with Gasteiger partial charge in [0, 0.05) is 12.6 Å². The van der Waals surface area contributed by atoms with Gasteiger partial charge in [0.2, 0.25) is 5.91 Å². The predicted molar refractivity (Wildman–Crippen MR) is 73.5 cm³/mol. The second-order valence-corrected chi connectivity index (χ2v) is 6.11. The van der Waals surface area contributed by atoms with Gasteiger partial charge in [-0.25, -0.2) is 0 Å². The lowest BCUT2D eigenvalue weighted by atomic mass is 10.0. The van der Waals surface area contributed by atoms with E-state index in [9.17, 15) is 4.79 Å². The summed E-state index contributed by atoms with van der Waals surface area (Å²) in [4.78, 5) is 14.7. The predicted octanol–water partition coefficient (Wildman–Crippen LogP) is 2.38. The van der Waals surface area contributed by atoms with Crippen molar-refractivity contribution >= 4 is 17.2 Å². The molecule has 1 aliphatic heterocycles. The Balaban J connectivity index is 1.66. The van der Waals surface area contributed by atoms with Crippen molar-refractivity contribution in [2.75, 3.05) is 6.54 Å². The molecule has 1 N–H and O–H groups in total. The number of piperidine rings is 1. The van der Waals surface area contributed by atoms with E-state index in [2.05, 4.69) is 27.0 Å². The van der Waals surface area contributed by atoms with Crippen LogP contribution in [-0.4, -0.2) is 29.4 Å². The number of carbonyl (C=O) groups is 1. The average molecular weight is 264 g/mol. The van der Waals surface area contributed by atoms with E-state index in [1.807, 2.05) is 0 Å². The summed E-state index contributed by atoms with van der Waals surface area (Å²) in [5.41, 5.74) is 1.27. The monoisotopic (exact) mass is 264 g/mol. The minimum atomic E-state index is 0.0676. The minimum Gasteiger partial charge on any atom is -0.334 e. The largest absolute Gasteiger partial charge is 0.334 e. The molecule has 0 aromatic carbocycles. The highest BCUT2D eigenvalue weighted by molar-refractivity contribution is 7.07. The van der Waals surface area contributed by atoms with E-state index in [1.54, 1.807) is 11.3 Å². The van der Waals surface area contributed by atoms with E-state index in [1.165, 1.54) is 31.2 Å². The first kappa shape index (κ1) is 12.2. The van der Waals surface area contributed by atoms with Gasteiger partial charge in [0.1, 0.15) is 0 Å². The highest BCUT2D eigenvalue weighted by Crippen LogP contribution is 2.30. The Bertz CT molecular complexity index is 394. The highest BCUT2D eigenvalue weighted by atomic mass is 32.1. The molecule has 2 heterocycles. The third-order valence-corrected chi connectivity index (χ3v) is 4.54. The van der Waals surface area contributed by atoms with E-state index in [0.717, 1.165) is 19.5 Å². The molecule has 2 fully saturated rings. The van der Waals surface area contributed by atoms with Crippen LogP contribution in [-0.2, 0) is 11.3 Å².